The number of Topliss-reactive ketones (excluding diaryl/α,β-unsaturated/α-hetero) is 1. The summed E-state index contributed by atoms with van der Waals surface area (Å²) >= 11 is 1.25. The van der Waals surface area contributed by atoms with Gasteiger partial charge in [0, 0.05) is 26.1 Å². The molecule has 0 radical (unpaired) electrons. The number of hydroxylamine groups is 2. The quantitative estimate of drug-likeness (QED) is 0.596. The fraction of sp³-hybridized carbons (Fsp3) is 0.600. The Labute approximate surface area is 98.9 Å². The summed E-state index contributed by atoms with van der Waals surface area (Å²) in [7, 11) is 1.88. The first-order chi connectivity index (χ1) is 7.70. The first-order valence-electron chi connectivity index (χ1n) is 5.37. The van der Waals surface area contributed by atoms with E-state index in [-0.39, 0.29) is 5.78 Å². The summed E-state index contributed by atoms with van der Waals surface area (Å²) in [6.45, 7) is 3.51. The summed E-state index contributed by atoms with van der Waals surface area (Å²) in [5.74, 6) is 0.108. The first kappa shape index (κ1) is 11.6. The zero-order valence-electron chi connectivity index (χ0n) is 9.47. The van der Waals surface area contributed by atoms with Gasteiger partial charge in [-0.3, -0.25) is 9.48 Å². The minimum absolute atomic E-state index is 0.108. The summed E-state index contributed by atoms with van der Waals surface area (Å²) < 4.78 is 7.19. The van der Waals surface area contributed by atoms with Crippen molar-refractivity contribution >= 4 is 17.8 Å². The van der Waals surface area contributed by atoms with E-state index >= 15 is 0 Å². The lowest BCUT2D eigenvalue weighted by Crippen LogP contribution is -2.19. The highest BCUT2D eigenvalue weighted by Gasteiger charge is 2.18. The first-order valence-corrected chi connectivity index (χ1v) is 6.11. The molecule has 0 saturated carbocycles. The zero-order chi connectivity index (χ0) is 11.5. The summed E-state index contributed by atoms with van der Waals surface area (Å²) in [6.07, 6.45) is 1.41. The third-order valence-electron chi connectivity index (χ3n) is 2.38. The molecule has 0 amide bonds. The maximum Gasteiger partial charge on any atom is 0.183 e. The lowest BCUT2D eigenvalue weighted by Gasteiger charge is -2.08. The van der Waals surface area contributed by atoms with Crippen molar-refractivity contribution in [1.29, 1.82) is 0 Å². The van der Waals surface area contributed by atoms with Gasteiger partial charge in [0.1, 0.15) is 10.7 Å². The lowest BCUT2D eigenvalue weighted by molar-refractivity contribution is -0.00733. The van der Waals surface area contributed by atoms with E-state index in [9.17, 15) is 4.79 Å². The number of carbonyl (C=O) groups excluding carboxylic acids is 1. The van der Waals surface area contributed by atoms with Crippen LogP contribution in [0.2, 0.25) is 0 Å². The number of ketones is 1. The SMILES string of the molecule is CCCC(=O)c1cc2n(n1)CCN(C)OS2. The number of aromatic nitrogens is 2. The van der Waals surface area contributed by atoms with Crippen LogP contribution < -0.4 is 0 Å². The summed E-state index contributed by atoms with van der Waals surface area (Å²) in [6, 6.07) is 1.81. The van der Waals surface area contributed by atoms with Crippen LogP contribution in [0.15, 0.2) is 11.1 Å². The van der Waals surface area contributed by atoms with Gasteiger partial charge < -0.3 is 0 Å². The van der Waals surface area contributed by atoms with Gasteiger partial charge in [-0.25, -0.2) is 4.28 Å². The lowest BCUT2D eigenvalue weighted by atomic mass is 10.2. The molecule has 0 aliphatic carbocycles. The third kappa shape index (κ3) is 2.45. The fourth-order valence-corrected chi connectivity index (χ4v) is 2.15. The highest BCUT2D eigenvalue weighted by molar-refractivity contribution is 7.94. The molecule has 0 saturated heterocycles. The van der Waals surface area contributed by atoms with Gasteiger partial charge in [0.25, 0.3) is 0 Å². The summed E-state index contributed by atoms with van der Waals surface area (Å²) in [4.78, 5) is 11.7. The van der Waals surface area contributed by atoms with Gasteiger partial charge in [-0.2, -0.15) is 10.2 Å². The monoisotopic (exact) mass is 241 g/mol. The molecule has 0 unspecified atom stereocenters. The molecule has 88 valence electrons. The van der Waals surface area contributed by atoms with Gasteiger partial charge in [0.05, 0.1) is 18.6 Å². The van der Waals surface area contributed by atoms with Crippen LogP contribution in [0.25, 0.3) is 0 Å². The van der Waals surface area contributed by atoms with Crippen molar-refractivity contribution in [3.8, 4) is 0 Å². The molecule has 0 N–H and O–H groups in total. The molecule has 0 atom stereocenters. The highest BCUT2D eigenvalue weighted by atomic mass is 32.2. The molecular weight excluding hydrogens is 226 g/mol. The Hall–Kier alpha value is -0.850. The Morgan fingerprint density at radius 2 is 2.44 bits per heavy atom. The molecular formula is C10H15N3O2S. The molecule has 0 spiro atoms. The average molecular weight is 241 g/mol. The van der Waals surface area contributed by atoms with Gasteiger partial charge >= 0.3 is 0 Å². The van der Waals surface area contributed by atoms with E-state index in [1.165, 1.54) is 12.0 Å². The van der Waals surface area contributed by atoms with E-state index in [4.69, 9.17) is 4.28 Å². The Kier molecular flexibility index (Phi) is 3.63. The fourth-order valence-electron chi connectivity index (χ4n) is 1.49. The van der Waals surface area contributed by atoms with Crippen LogP contribution in [-0.4, -0.2) is 34.2 Å². The second kappa shape index (κ2) is 4.99. The number of hydrogen-bond donors (Lipinski definition) is 0. The molecule has 16 heavy (non-hydrogen) atoms. The number of carbonyl (C=O) groups is 1. The Morgan fingerprint density at radius 1 is 1.62 bits per heavy atom. The topological polar surface area (TPSA) is 47.4 Å². The van der Waals surface area contributed by atoms with E-state index in [0.29, 0.717) is 12.1 Å². The number of likely N-dealkylation sites (N-methyl/N-ethyl adjacent to an activating group) is 1. The molecule has 2 heterocycles. The van der Waals surface area contributed by atoms with E-state index in [1.807, 2.05) is 24.7 Å². The maximum atomic E-state index is 11.7. The molecule has 1 aliphatic rings. The van der Waals surface area contributed by atoms with Crippen molar-refractivity contribution in [2.24, 2.45) is 0 Å². The smallest absolute Gasteiger partial charge is 0.183 e. The highest BCUT2D eigenvalue weighted by Crippen LogP contribution is 2.24. The van der Waals surface area contributed by atoms with Crippen molar-refractivity contribution in [2.45, 2.75) is 31.3 Å². The van der Waals surface area contributed by atoms with Gasteiger partial charge in [-0.1, -0.05) is 6.92 Å². The van der Waals surface area contributed by atoms with Crippen molar-refractivity contribution in [2.75, 3.05) is 13.6 Å². The average Bonchev–Trinajstić information content (AvgIpc) is 2.60. The van der Waals surface area contributed by atoms with Gasteiger partial charge in [-0.15, -0.1) is 0 Å². The second-order valence-corrected chi connectivity index (χ2v) is 4.51. The van der Waals surface area contributed by atoms with Crippen LogP contribution in [-0.2, 0) is 10.8 Å². The van der Waals surface area contributed by atoms with Gasteiger partial charge in [-0.05, 0) is 6.42 Å². The normalized spacial score (nSPS) is 16.9. The van der Waals surface area contributed by atoms with Crippen LogP contribution >= 0.6 is 12.0 Å². The molecule has 5 nitrogen and oxygen atoms in total. The summed E-state index contributed by atoms with van der Waals surface area (Å²) in [5, 5.41) is 6.95. The summed E-state index contributed by atoms with van der Waals surface area (Å²) in [5.41, 5.74) is 0.553. The molecule has 1 aromatic rings. The standard InChI is InChI=1S/C10H15N3O2S/c1-3-4-9(14)8-7-10-13(11-8)6-5-12(2)15-16-10/h7H,3-6H2,1-2H3. The van der Waals surface area contributed by atoms with Crippen LogP contribution in [0, 0.1) is 0 Å². The minimum Gasteiger partial charge on any atom is -0.292 e. The van der Waals surface area contributed by atoms with Crippen LogP contribution in [0.4, 0.5) is 0 Å². The van der Waals surface area contributed by atoms with Crippen LogP contribution in [0.1, 0.15) is 30.3 Å². The minimum atomic E-state index is 0.108. The number of hydrogen-bond acceptors (Lipinski definition) is 5. The van der Waals surface area contributed by atoms with E-state index < -0.39 is 0 Å². The zero-order valence-corrected chi connectivity index (χ0v) is 10.3. The number of rotatable bonds is 3. The number of nitrogens with zero attached hydrogens (tertiary/aromatic N) is 3. The predicted molar refractivity (Wildman–Crippen MR) is 61.0 cm³/mol. The van der Waals surface area contributed by atoms with Crippen molar-refractivity contribution in [3.63, 3.8) is 0 Å². The Balaban J connectivity index is 2.15. The van der Waals surface area contributed by atoms with Gasteiger partial charge in [0.2, 0.25) is 0 Å². The van der Waals surface area contributed by atoms with E-state index in [0.717, 1.165) is 24.5 Å². The molecule has 6 heteroatoms. The van der Waals surface area contributed by atoms with Crippen molar-refractivity contribution < 1.29 is 9.08 Å². The van der Waals surface area contributed by atoms with Crippen LogP contribution in [0.5, 0.6) is 0 Å². The molecule has 0 aromatic carbocycles. The largest absolute Gasteiger partial charge is 0.292 e. The van der Waals surface area contributed by atoms with E-state index in [1.54, 1.807) is 5.06 Å². The molecule has 0 bridgehead atoms. The molecule has 0 fully saturated rings. The Morgan fingerprint density at radius 3 is 3.19 bits per heavy atom. The van der Waals surface area contributed by atoms with Crippen molar-refractivity contribution in [1.82, 2.24) is 14.8 Å². The van der Waals surface area contributed by atoms with Crippen molar-refractivity contribution in [3.05, 3.63) is 11.8 Å². The second-order valence-electron chi connectivity index (χ2n) is 3.77. The third-order valence-corrected chi connectivity index (χ3v) is 3.21. The molecule has 1 aliphatic heterocycles. The molecule has 1 aromatic heterocycles. The van der Waals surface area contributed by atoms with E-state index in [2.05, 4.69) is 5.10 Å². The number of fused-ring (bicyclic) bond motifs is 1. The van der Waals surface area contributed by atoms with Crippen LogP contribution in [0.3, 0.4) is 0 Å². The van der Waals surface area contributed by atoms with Gasteiger partial charge in [0.15, 0.2) is 5.78 Å². The Bertz CT molecular complexity index is 366. The molecule has 2 rings (SSSR count). The predicted octanol–water partition coefficient (Wildman–Crippen LogP) is 1.75. The maximum absolute atomic E-state index is 11.7.